The van der Waals surface area contributed by atoms with Crippen LogP contribution < -0.4 is 29.1 Å². The van der Waals surface area contributed by atoms with Gasteiger partial charge in [0.25, 0.3) is 5.56 Å². The number of rotatable bonds is 10. The third-order valence-corrected chi connectivity index (χ3v) is 9.12. The van der Waals surface area contributed by atoms with Crippen molar-refractivity contribution in [2.24, 2.45) is 4.99 Å². The number of thiazole rings is 1. The van der Waals surface area contributed by atoms with Gasteiger partial charge in [0.2, 0.25) is 0 Å². The van der Waals surface area contributed by atoms with Crippen molar-refractivity contribution in [2.75, 3.05) is 20.3 Å². The SMILES string of the molecule is CCOC(=O)C1=C(C)N=c2s/c(=C\c3cc(Br)c(OCc4ccc(Cl)cc4Cl)c(OC)c3)c(=O)n2[C@@H]1c1ccc(OCC)cc1. The van der Waals surface area contributed by atoms with Crippen molar-refractivity contribution < 1.29 is 23.7 Å². The summed E-state index contributed by atoms with van der Waals surface area (Å²) >= 11 is 17.2. The van der Waals surface area contributed by atoms with E-state index in [0.717, 1.165) is 11.1 Å². The first kappa shape index (κ1) is 32.8. The molecule has 0 N–H and O–H groups in total. The minimum Gasteiger partial charge on any atom is -0.494 e. The fraction of sp³-hybridized carbons (Fsp3) is 0.242. The van der Waals surface area contributed by atoms with Crippen molar-refractivity contribution in [2.45, 2.75) is 33.4 Å². The fourth-order valence-electron chi connectivity index (χ4n) is 4.92. The number of aromatic nitrogens is 1. The molecule has 0 unspecified atom stereocenters. The van der Waals surface area contributed by atoms with Gasteiger partial charge in [-0.15, -0.1) is 0 Å². The maximum atomic E-state index is 14.0. The van der Waals surface area contributed by atoms with Crippen molar-refractivity contribution in [1.82, 2.24) is 4.57 Å². The Morgan fingerprint density at radius 2 is 1.82 bits per heavy atom. The summed E-state index contributed by atoms with van der Waals surface area (Å²) in [4.78, 5) is 32.3. The minimum absolute atomic E-state index is 0.191. The molecule has 0 fully saturated rings. The lowest BCUT2D eigenvalue weighted by molar-refractivity contribution is -0.139. The number of fused-ring (bicyclic) bond motifs is 1. The van der Waals surface area contributed by atoms with Gasteiger partial charge in [-0.2, -0.15) is 0 Å². The number of carbonyl (C=O) groups is 1. The molecular weight excluding hydrogens is 703 g/mol. The number of benzene rings is 3. The van der Waals surface area contributed by atoms with E-state index in [4.69, 9.17) is 42.1 Å². The summed E-state index contributed by atoms with van der Waals surface area (Å²) in [6, 6.07) is 15.4. The van der Waals surface area contributed by atoms with E-state index < -0.39 is 12.0 Å². The number of methoxy groups -OCH3 is 1. The Labute approximate surface area is 282 Å². The van der Waals surface area contributed by atoms with Crippen LogP contribution in [0.5, 0.6) is 17.2 Å². The molecule has 2 heterocycles. The topological polar surface area (TPSA) is 88.4 Å². The molecule has 12 heteroatoms. The second kappa shape index (κ2) is 14.2. The highest BCUT2D eigenvalue weighted by atomic mass is 79.9. The smallest absolute Gasteiger partial charge is 0.338 e. The maximum absolute atomic E-state index is 14.0. The van der Waals surface area contributed by atoms with Gasteiger partial charge in [0.1, 0.15) is 12.4 Å². The lowest BCUT2D eigenvalue weighted by Crippen LogP contribution is -2.39. The van der Waals surface area contributed by atoms with Crippen molar-refractivity contribution in [3.8, 4) is 17.2 Å². The van der Waals surface area contributed by atoms with Gasteiger partial charge in [-0.3, -0.25) is 9.36 Å². The monoisotopic (exact) mass is 730 g/mol. The first-order chi connectivity index (χ1) is 21.6. The summed E-state index contributed by atoms with van der Waals surface area (Å²) in [6.07, 6.45) is 1.76. The van der Waals surface area contributed by atoms with Gasteiger partial charge in [-0.25, -0.2) is 9.79 Å². The van der Waals surface area contributed by atoms with Gasteiger partial charge in [-0.05, 0) is 90.3 Å². The number of esters is 1. The van der Waals surface area contributed by atoms with E-state index in [1.165, 1.54) is 18.4 Å². The highest BCUT2D eigenvalue weighted by Crippen LogP contribution is 2.38. The summed E-state index contributed by atoms with van der Waals surface area (Å²) in [6.45, 7) is 6.30. The molecule has 1 aliphatic heterocycles. The zero-order chi connectivity index (χ0) is 32.2. The molecule has 0 aliphatic carbocycles. The number of allylic oxidation sites excluding steroid dienone is 1. The van der Waals surface area contributed by atoms with Crippen LogP contribution in [0.15, 0.2) is 80.1 Å². The van der Waals surface area contributed by atoms with Crippen molar-refractivity contribution >= 4 is 62.5 Å². The average Bonchev–Trinajstić information content (AvgIpc) is 3.30. The quantitative estimate of drug-likeness (QED) is 0.166. The molecule has 1 aliphatic rings. The van der Waals surface area contributed by atoms with E-state index in [2.05, 4.69) is 20.9 Å². The van der Waals surface area contributed by atoms with Crippen LogP contribution in [-0.4, -0.2) is 30.9 Å². The van der Waals surface area contributed by atoms with Crippen LogP contribution in [0.25, 0.3) is 6.08 Å². The Hall–Kier alpha value is -3.57. The average molecular weight is 732 g/mol. The van der Waals surface area contributed by atoms with Crippen molar-refractivity contribution in [3.05, 3.63) is 117 Å². The van der Waals surface area contributed by atoms with Crippen LogP contribution >= 0.6 is 50.5 Å². The molecule has 0 saturated carbocycles. The second-order valence-electron chi connectivity index (χ2n) is 9.86. The molecule has 3 aromatic carbocycles. The zero-order valence-corrected chi connectivity index (χ0v) is 28.8. The lowest BCUT2D eigenvalue weighted by Gasteiger charge is -2.24. The molecule has 5 rings (SSSR count). The maximum Gasteiger partial charge on any atom is 0.338 e. The standard InChI is InChI=1S/C33H29BrCl2N2O6S/c1-5-42-23-11-8-20(9-12-23)29-28(32(40)43-6-2)18(3)37-33-38(29)31(39)27(45-33)15-19-13-24(34)30(26(14-19)41-4)44-17-21-7-10-22(35)16-25(21)36/h7-16,29H,5-6,17H2,1-4H3/b27-15-/t29-/m1/s1. The van der Waals surface area contributed by atoms with Crippen LogP contribution in [0.4, 0.5) is 0 Å². The summed E-state index contributed by atoms with van der Waals surface area (Å²) < 4.78 is 25.3. The van der Waals surface area contributed by atoms with Crippen molar-refractivity contribution in [1.29, 1.82) is 0 Å². The Morgan fingerprint density at radius 3 is 2.49 bits per heavy atom. The molecule has 45 heavy (non-hydrogen) atoms. The van der Waals surface area contributed by atoms with Gasteiger partial charge in [0.05, 0.1) is 46.6 Å². The number of carbonyl (C=O) groups excluding carboxylic acids is 1. The lowest BCUT2D eigenvalue weighted by atomic mass is 9.96. The van der Waals surface area contributed by atoms with E-state index in [9.17, 15) is 9.59 Å². The van der Waals surface area contributed by atoms with Crippen LogP contribution in [0.3, 0.4) is 0 Å². The number of hydrogen-bond acceptors (Lipinski definition) is 8. The van der Waals surface area contributed by atoms with E-state index in [1.54, 1.807) is 48.8 Å². The van der Waals surface area contributed by atoms with Crippen LogP contribution in [0, 0.1) is 0 Å². The normalized spacial score (nSPS) is 14.6. The van der Waals surface area contributed by atoms with Crippen LogP contribution in [0.2, 0.25) is 10.0 Å². The van der Waals surface area contributed by atoms with Gasteiger partial charge in [0, 0.05) is 15.6 Å². The molecule has 234 valence electrons. The molecule has 1 aromatic heterocycles. The van der Waals surface area contributed by atoms with Crippen molar-refractivity contribution in [3.63, 3.8) is 0 Å². The number of ether oxygens (including phenoxy) is 4. The Balaban J connectivity index is 1.56. The number of halogens is 3. The minimum atomic E-state index is -0.727. The van der Waals surface area contributed by atoms with Gasteiger partial charge >= 0.3 is 5.97 Å². The van der Waals surface area contributed by atoms with E-state index in [1.807, 2.05) is 37.3 Å². The first-order valence-corrected chi connectivity index (χ1v) is 16.4. The predicted octanol–water partition coefficient (Wildman–Crippen LogP) is 6.85. The Kier molecular flexibility index (Phi) is 10.4. The summed E-state index contributed by atoms with van der Waals surface area (Å²) in [7, 11) is 1.54. The molecule has 0 spiro atoms. The molecule has 0 amide bonds. The van der Waals surface area contributed by atoms with Crippen LogP contribution in [-0.2, 0) is 16.1 Å². The highest BCUT2D eigenvalue weighted by Gasteiger charge is 2.33. The van der Waals surface area contributed by atoms with Gasteiger partial charge < -0.3 is 18.9 Å². The molecule has 0 saturated heterocycles. The fourth-order valence-corrected chi connectivity index (χ4v) is 7.01. The van der Waals surface area contributed by atoms with E-state index in [-0.39, 0.29) is 18.8 Å². The second-order valence-corrected chi connectivity index (χ2v) is 12.6. The summed E-state index contributed by atoms with van der Waals surface area (Å²) in [5.41, 5.74) is 2.70. The van der Waals surface area contributed by atoms with Gasteiger partial charge in [0.15, 0.2) is 16.3 Å². The molecule has 0 bridgehead atoms. The molecule has 0 radical (unpaired) electrons. The third kappa shape index (κ3) is 6.99. The Bertz CT molecular complexity index is 1970. The largest absolute Gasteiger partial charge is 0.494 e. The predicted molar refractivity (Wildman–Crippen MR) is 179 cm³/mol. The van der Waals surface area contributed by atoms with E-state index in [0.29, 0.717) is 64.5 Å². The highest BCUT2D eigenvalue weighted by molar-refractivity contribution is 9.10. The molecule has 1 atom stereocenters. The van der Waals surface area contributed by atoms with Gasteiger partial charge in [-0.1, -0.05) is 52.7 Å². The zero-order valence-electron chi connectivity index (χ0n) is 24.9. The Morgan fingerprint density at radius 1 is 1.07 bits per heavy atom. The molecule has 8 nitrogen and oxygen atoms in total. The molecular formula is C33H29BrCl2N2O6S. The first-order valence-electron chi connectivity index (χ1n) is 14.0. The summed E-state index contributed by atoms with van der Waals surface area (Å²) in [5.74, 6) is 1.11. The molecule has 4 aromatic rings. The third-order valence-electron chi connectivity index (χ3n) is 6.96. The van der Waals surface area contributed by atoms with Crippen LogP contribution in [0.1, 0.15) is 43.5 Å². The number of nitrogens with zero attached hydrogens (tertiary/aromatic N) is 2. The number of hydrogen-bond donors (Lipinski definition) is 0. The summed E-state index contributed by atoms with van der Waals surface area (Å²) in [5, 5.41) is 1.03. The van der Waals surface area contributed by atoms with E-state index >= 15 is 0 Å².